The first-order chi connectivity index (χ1) is 19.7. The number of hydrogen-bond donors (Lipinski definition) is 0. The van der Waals surface area contributed by atoms with Gasteiger partial charge in [-0.25, -0.2) is 0 Å². The van der Waals surface area contributed by atoms with E-state index in [1.54, 1.807) is 0 Å². The average molecular weight is 517 g/mol. The van der Waals surface area contributed by atoms with Crippen LogP contribution in [0.25, 0.3) is 68.6 Å². The third-order valence-electron chi connectivity index (χ3n) is 7.54. The van der Waals surface area contributed by atoms with Gasteiger partial charge in [-0.3, -0.25) is 0 Å². The lowest BCUT2D eigenvalue weighted by molar-refractivity contribution is 1.02. The van der Waals surface area contributed by atoms with E-state index in [1.807, 2.05) is 19.1 Å². The van der Waals surface area contributed by atoms with Crippen molar-refractivity contribution in [2.45, 2.75) is 13.8 Å². The van der Waals surface area contributed by atoms with Crippen LogP contribution in [0.3, 0.4) is 0 Å². The third kappa shape index (κ3) is 4.06. The second-order valence-corrected chi connectivity index (χ2v) is 9.80. The van der Waals surface area contributed by atoms with Crippen LogP contribution in [-0.2, 0) is 0 Å². The fourth-order valence-electron chi connectivity index (χ4n) is 5.90. The molecule has 0 bridgehead atoms. The van der Waals surface area contributed by atoms with Crippen LogP contribution in [0.15, 0.2) is 122 Å². The predicted octanol–water partition coefficient (Wildman–Crippen LogP) is 8.68. The number of aromatic nitrogens is 2. The van der Waals surface area contributed by atoms with Gasteiger partial charge in [-0.1, -0.05) is 98.1 Å². The Hall–Kier alpha value is -5.08. The summed E-state index contributed by atoms with van der Waals surface area (Å²) in [4.78, 5) is 0. The highest BCUT2D eigenvalue weighted by Gasteiger charge is 2.14. The molecule has 0 radical (unpaired) electrons. The highest BCUT2D eigenvalue weighted by Crippen LogP contribution is 2.33. The van der Waals surface area contributed by atoms with Crippen molar-refractivity contribution in [2.75, 3.05) is 0 Å². The Labute approximate surface area is 235 Å². The van der Waals surface area contributed by atoms with Gasteiger partial charge in [-0.15, -0.1) is 0 Å². The summed E-state index contributed by atoms with van der Waals surface area (Å²) in [5.41, 5.74) is 9.20. The summed E-state index contributed by atoms with van der Waals surface area (Å²) in [6.07, 6.45) is 12.3. The van der Waals surface area contributed by atoms with Crippen molar-refractivity contribution in [3.63, 3.8) is 0 Å². The van der Waals surface area contributed by atoms with Crippen molar-refractivity contribution in [1.29, 1.82) is 0 Å². The van der Waals surface area contributed by atoms with E-state index >= 15 is 0 Å². The van der Waals surface area contributed by atoms with Crippen molar-refractivity contribution >= 4 is 46.1 Å². The molecule has 2 heteroatoms. The first-order valence-electron chi connectivity index (χ1n) is 13.7. The first-order valence-corrected chi connectivity index (χ1v) is 13.7. The van der Waals surface area contributed by atoms with Gasteiger partial charge in [0.05, 0.1) is 22.1 Å². The minimum atomic E-state index is 1.07. The second kappa shape index (κ2) is 10.6. The van der Waals surface area contributed by atoms with E-state index in [-0.39, 0.29) is 0 Å². The van der Waals surface area contributed by atoms with Gasteiger partial charge in [0.25, 0.3) is 0 Å². The summed E-state index contributed by atoms with van der Waals surface area (Å²) < 4.78 is 4.64. The van der Waals surface area contributed by atoms with Crippen LogP contribution in [0.5, 0.6) is 0 Å². The van der Waals surface area contributed by atoms with Gasteiger partial charge >= 0.3 is 0 Å². The molecule has 40 heavy (non-hydrogen) atoms. The summed E-state index contributed by atoms with van der Waals surface area (Å²) >= 11 is 0. The molecule has 2 aromatic heterocycles. The molecular weight excluding hydrogens is 484 g/mol. The van der Waals surface area contributed by atoms with Gasteiger partial charge in [0, 0.05) is 32.9 Å². The number of nitrogens with zero attached hydrogens (tertiary/aromatic N) is 2. The van der Waals surface area contributed by atoms with Crippen LogP contribution in [0.2, 0.25) is 0 Å². The lowest BCUT2D eigenvalue weighted by Gasteiger charge is -2.13. The molecule has 6 rings (SSSR count). The maximum absolute atomic E-state index is 4.17. The number of rotatable bonds is 6. The highest BCUT2D eigenvalue weighted by atomic mass is 15.0. The molecule has 0 aliphatic rings. The zero-order chi connectivity index (χ0) is 27.6. The van der Waals surface area contributed by atoms with E-state index in [1.165, 1.54) is 32.6 Å². The largest absolute Gasteiger partial charge is 0.309 e. The van der Waals surface area contributed by atoms with Crippen molar-refractivity contribution < 1.29 is 0 Å². The summed E-state index contributed by atoms with van der Waals surface area (Å²) in [7, 11) is 0. The van der Waals surface area contributed by atoms with Crippen LogP contribution < -0.4 is 10.6 Å². The molecule has 0 N–H and O–H groups in total. The second-order valence-electron chi connectivity index (χ2n) is 9.80. The van der Waals surface area contributed by atoms with E-state index in [2.05, 4.69) is 151 Å². The van der Waals surface area contributed by atoms with Crippen LogP contribution in [-0.4, -0.2) is 9.13 Å². The zero-order valence-corrected chi connectivity index (χ0v) is 23.0. The third-order valence-corrected chi connectivity index (χ3v) is 7.54. The Morgan fingerprint density at radius 1 is 0.650 bits per heavy atom. The minimum Gasteiger partial charge on any atom is -0.309 e. The summed E-state index contributed by atoms with van der Waals surface area (Å²) in [5, 5.41) is 4.80. The molecule has 0 aliphatic heterocycles. The van der Waals surface area contributed by atoms with E-state index in [0.717, 1.165) is 33.5 Å². The fourth-order valence-corrected chi connectivity index (χ4v) is 5.90. The van der Waals surface area contributed by atoms with Crippen LogP contribution in [0, 0.1) is 0 Å². The number of hydrogen-bond acceptors (Lipinski definition) is 0. The number of para-hydroxylation sites is 2. The molecule has 2 nitrogen and oxygen atoms in total. The van der Waals surface area contributed by atoms with Crippen molar-refractivity contribution in [1.82, 2.24) is 9.13 Å². The van der Waals surface area contributed by atoms with Gasteiger partial charge in [-0.2, -0.15) is 0 Å². The Kier molecular flexibility index (Phi) is 6.67. The molecule has 0 atom stereocenters. The highest BCUT2D eigenvalue weighted by molar-refractivity contribution is 6.09. The Morgan fingerprint density at radius 3 is 1.75 bits per heavy atom. The van der Waals surface area contributed by atoms with E-state index in [9.17, 15) is 0 Å². The lowest BCUT2D eigenvalue weighted by atomic mass is 10.0. The van der Waals surface area contributed by atoms with E-state index in [0.29, 0.717) is 0 Å². The molecule has 0 saturated heterocycles. The van der Waals surface area contributed by atoms with Crippen molar-refractivity contribution in [3.05, 3.63) is 144 Å². The molecule has 194 valence electrons. The maximum atomic E-state index is 4.17. The van der Waals surface area contributed by atoms with E-state index < -0.39 is 0 Å². The van der Waals surface area contributed by atoms with Gasteiger partial charge in [0.2, 0.25) is 0 Å². The normalized spacial score (nSPS) is 12.7. The molecule has 0 saturated carbocycles. The standard InChI is InChI=1S/C38H32N2/c1-5-15-32-31(7-3)36(16-6-2)39(35(32)8-4)29-19-13-17-27(25-29)28-18-14-20-30(26-28)40-37-23-11-9-21-33(37)34-22-10-12-24-38(34)40/h5-26H,2,4H2,1,3H3/b15-5-,31-7-,36-16+. The Morgan fingerprint density at radius 2 is 1.23 bits per heavy atom. The molecule has 0 amide bonds. The molecule has 0 unspecified atom stereocenters. The Balaban J connectivity index is 1.55. The Bertz CT molecular complexity index is 2010. The minimum absolute atomic E-state index is 1.07. The van der Waals surface area contributed by atoms with Crippen molar-refractivity contribution in [2.24, 2.45) is 0 Å². The van der Waals surface area contributed by atoms with Gasteiger partial charge in [0.1, 0.15) is 0 Å². The molecule has 0 spiro atoms. The number of benzene rings is 4. The van der Waals surface area contributed by atoms with E-state index in [4.69, 9.17) is 0 Å². The van der Waals surface area contributed by atoms with Crippen LogP contribution in [0.1, 0.15) is 25.1 Å². The SMILES string of the molecule is C=C/C=c1\c(=C/C)c(/C=C\C)c(C=C)n1-c1cccc(-c2cccc(-n3c4ccccc4c4ccccc43)c2)c1. The number of allylic oxidation sites excluding steroid dienone is 2. The topological polar surface area (TPSA) is 9.86 Å². The van der Waals surface area contributed by atoms with Gasteiger partial charge in [0.15, 0.2) is 0 Å². The first kappa shape index (κ1) is 25.2. The summed E-state index contributed by atoms with van der Waals surface area (Å²) in [6, 6.07) is 34.8. The zero-order valence-electron chi connectivity index (χ0n) is 23.0. The molecule has 0 fully saturated rings. The maximum Gasteiger partial charge on any atom is 0.0541 e. The van der Waals surface area contributed by atoms with Gasteiger partial charge < -0.3 is 9.13 Å². The molecule has 6 aromatic rings. The monoisotopic (exact) mass is 516 g/mol. The molecule has 0 aliphatic carbocycles. The van der Waals surface area contributed by atoms with Crippen LogP contribution in [0.4, 0.5) is 0 Å². The average Bonchev–Trinajstić information content (AvgIpc) is 3.49. The quantitative estimate of drug-likeness (QED) is 0.210. The van der Waals surface area contributed by atoms with Gasteiger partial charge in [-0.05, 0) is 73.5 Å². The molecule has 4 aromatic carbocycles. The van der Waals surface area contributed by atoms with Crippen molar-refractivity contribution in [3.8, 4) is 22.5 Å². The fraction of sp³-hybridized carbons (Fsp3) is 0.0526. The molecular formula is C38H32N2. The number of fused-ring (bicyclic) bond motifs is 3. The summed E-state index contributed by atoms with van der Waals surface area (Å²) in [5.74, 6) is 0. The smallest absolute Gasteiger partial charge is 0.0541 e. The van der Waals surface area contributed by atoms with Crippen LogP contribution >= 0.6 is 0 Å². The summed E-state index contributed by atoms with van der Waals surface area (Å²) in [6.45, 7) is 12.3. The molecule has 2 heterocycles. The predicted molar refractivity (Wildman–Crippen MR) is 174 cm³/mol. The lowest BCUT2D eigenvalue weighted by Crippen LogP contribution is -2.28.